The van der Waals surface area contributed by atoms with Gasteiger partial charge in [0.25, 0.3) is 17.7 Å². The van der Waals surface area contributed by atoms with Gasteiger partial charge in [-0.3, -0.25) is 19.3 Å². The minimum atomic E-state index is -1.05. The molecule has 0 spiro atoms. The summed E-state index contributed by atoms with van der Waals surface area (Å²) >= 11 is 0. The van der Waals surface area contributed by atoms with Crippen LogP contribution in [0.5, 0.6) is 0 Å². The van der Waals surface area contributed by atoms with Gasteiger partial charge in [0, 0.05) is 32.0 Å². The summed E-state index contributed by atoms with van der Waals surface area (Å²) in [6, 6.07) is 11.5. The summed E-state index contributed by atoms with van der Waals surface area (Å²) in [5.74, 6) is -1.99. The van der Waals surface area contributed by atoms with E-state index < -0.39 is 23.9 Å². The molecular formula is C24H27N3O5. The Morgan fingerprint density at radius 2 is 1.69 bits per heavy atom. The van der Waals surface area contributed by atoms with Gasteiger partial charge >= 0.3 is 5.97 Å². The predicted octanol–water partition coefficient (Wildman–Crippen LogP) is 3.33. The molecule has 0 aliphatic carbocycles. The van der Waals surface area contributed by atoms with Crippen LogP contribution in [0.3, 0.4) is 0 Å². The van der Waals surface area contributed by atoms with Gasteiger partial charge < -0.3 is 15.0 Å². The minimum absolute atomic E-state index is 0.109. The van der Waals surface area contributed by atoms with E-state index in [0.717, 1.165) is 12.1 Å². The molecule has 168 valence electrons. The highest BCUT2D eigenvalue weighted by Crippen LogP contribution is 2.25. The van der Waals surface area contributed by atoms with E-state index >= 15 is 0 Å². The van der Waals surface area contributed by atoms with Crippen LogP contribution < -0.4 is 10.2 Å². The highest BCUT2D eigenvalue weighted by molar-refractivity contribution is 6.22. The Bertz CT molecular complexity index is 1050. The number of anilines is 2. The van der Waals surface area contributed by atoms with Crippen molar-refractivity contribution in [2.45, 2.75) is 32.8 Å². The van der Waals surface area contributed by atoms with Gasteiger partial charge in [0.2, 0.25) is 0 Å². The number of hydrogen-bond acceptors (Lipinski definition) is 6. The lowest BCUT2D eigenvalue weighted by Crippen LogP contribution is -2.30. The zero-order valence-corrected chi connectivity index (χ0v) is 18.7. The largest absolute Gasteiger partial charge is 0.449 e. The molecule has 1 atom stereocenters. The second kappa shape index (κ2) is 9.64. The van der Waals surface area contributed by atoms with E-state index in [4.69, 9.17) is 4.74 Å². The van der Waals surface area contributed by atoms with Gasteiger partial charge in [0.05, 0.1) is 16.7 Å². The fourth-order valence-electron chi connectivity index (χ4n) is 3.31. The number of benzene rings is 2. The molecule has 8 heteroatoms. The van der Waals surface area contributed by atoms with Gasteiger partial charge in [0.15, 0.2) is 6.10 Å². The SMILES string of the molecule is CCCCN1C(=O)c2ccc(C(=O)OC(C)C(=O)Nc3ccc(N(C)C)cc3)cc2C1=O. The van der Waals surface area contributed by atoms with Gasteiger partial charge in [-0.25, -0.2) is 4.79 Å². The molecule has 8 nitrogen and oxygen atoms in total. The number of ether oxygens (including phenoxy) is 1. The summed E-state index contributed by atoms with van der Waals surface area (Å²) in [5, 5.41) is 2.70. The fraction of sp³-hybridized carbons (Fsp3) is 0.333. The van der Waals surface area contributed by atoms with E-state index in [1.165, 1.54) is 30.0 Å². The molecule has 32 heavy (non-hydrogen) atoms. The standard InChI is InChI=1S/C24H27N3O5/c1-5-6-13-27-22(29)19-12-7-16(14-20(19)23(27)30)24(31)32-15(2)21(28)25-17-8-10-18(11-9-17)26(3)4/h7-12,14-15H,5-6,13H2,1-4H3,(H,25,28). The molecule has 1 N–H and O–H groups in total. The summed E-state index contributed by atoms with van der Waals surface area (Å²) in [5.41, 5.74) is 2.13. The molecule has 2 aromatic rings. The molecule has 3 amide bonds. The van der Waals surface area contributed by atoms with Gasteiger partial charge in [-0.05, 0) is 55.8 Å². The van der Waals surface area contributed by atoms with Crippen molar-refractivity contribution in [1.29, 1.82) is 0 Å². The minimum Gasteiger partial charge on any atom is -0.449 e. The van der Waals surface area contributed by atoms with Crippen molar-refractivity contribution >= 4 is 35.1 Å². The van der Waals surface area contributed by atoms with E-state index in [2.05, 4.69) is 5.32 Å². The summed E-state index contributed by atoms with van der Waals surface area (Å²) in [7, 11) is 3.83. The Morgan fingerprint density at radius 3 is 2.31 bits per heavy atom. The first-order valence-corrected chi connectivity index (χ1v) is 10.5. The Kier molecular flexibility index (Phi) is 6.92. The third-order valence-electron chi connectivity index (χ3n) is 5.25. The molecule has 1 unspecified atom stereocenters. The Labute approximate surface area is 187 Å². The Morgan fingerprint density at radius 1 is 1.03 bits per heavy atom. The second-order valence-electron chi connectivity index (χ2n) is 7.85. The van der Waals surface area contributed by atoms with Crippen LogP contribution >= 0.6 is 0 Å². The number of rotatable bonds is 8. The molecule has 0 bridgehead atoms. The van der Waals surface area contributed by atoms with Crippen LogP contribution in [-0.2, 0) is 9.53 Å². The molecule has 1 heterocycles. The van der Waals surface area contributed by atoms with Crippen LogP contribution in [0.4, 0.5) is 11.4 Å². The first-order valence-electron chi connectivity index (χ1n) is 10.5. The summed E-state index contributed by atoms with van der Waals surface area (Å²) in [6.07, 6.45) is 0.512. The van der Waals surface area contributed by atoms with Crippen LogP contribution in [-0.4, -0.2) is 55.3 Å². The van der Waals surface area contributed by atoms with Crippen molar-refractivity contribution in [1.82, 2.24) is 4.90 Å². The molecule has 0 fully saturated rings. The number of fused-ring (bicyclic) bond motifs is 1. The zero-order valence-electron chi connectivity index (χ0n) is 18.7. The highest BCUT2D eigenvalue weighted by atomic mass is 16.5. The van der Waals surface area contributed by atoms with E-state index in [0.29, 0.717) is 18.7 Å². The zero-order chi connectivity index (χ0) is 23.4. The second-order valence-corrected chi connectivity index (χ2v) is 7.85. The number of imide groups is 1. The molecule has 1 aliphatic rings. The fourth-order valence-corrected chi connectivity index (χ4v) is 3.31. The third kappa shape index (κ3) is 4.80. The van der Waals surface area contributed by atoms with Gasteiger partial charge in [-0.15, -0.1) is 0 Å². The molecule has 0 saturated carbocycles. The van der Waals surface area contributed by atoms with Crippen LogP contribution in [0.2, 0.25) is 0 Å². The van der Waals surface area contributed by atoms with Crippen LogP contribution in [0.25, 0.3) is 0 Å². The van der Waals surface area contributed by atoms with Crippen molar-refractivity contribution in [2.24, 2.45) is 0 Å². The molecule has 1 aliphatic heterocycles. The summed E-state index contributed by atoms with van der Waals surface area (Å²) in [6.45, 7) is 3.79. The molecule has 0 saturated heterocycles. The number of nitrogens with zero attached hydrogens (tertiary/aromatic N) is 2. The lowest BCUT2D eigenvalue weighted by atomic mass is 10.1. The Hall–Kier alpha value is -3.68. The molecule has 3 rings (SSSR count). The van der Waals surface area contributed by atoms with Crippen molar-refractivity contribution in [3.63, 3.8) is 0 Å². The number of carbonyl (C=O) groups is 4. The average molecular weight is 437 g/mol. The van der Waals surface area contributed by atoms with Gasteiger partial charge in [-0.1, -0.05) is 13.3 Å². The monoisotopic (exact) mass is 437 g/mol. The van der Waals surface area contributed by atoms with Crippen LogP contribution in [0, 0.1) is 0 Å². The van der Waals surface area contributed by atoms with Crippen molar-refractivity contribution < 1.29 is 23.9 Å². The van der Waals surface area contributed by atoms with E-state index in [1.54, 1.807) is 12.1 Å². The highest BCUT2D eigenvalue weighted by Gasteiger charge is 2.35. The Balaban J connectivity index is 1.65. The molecule has 0 radical (unpaired) electrons. The number of amides is 3. The van der Waals surface area contributed by atoms with Crippen LogP contribution in [0.15, 0.2) is 42.5 Å². The number of carbonyl (C=O) groups excluding carboxylic acids is 4. The predicted molar refractivity (Wildman–Crippen MR) is 121 cm³/mol. The van der Waals surface area contributed by atoms with Crippen molar-refractivity contribution in [2.75, 3.05) is 30.9 Å². The van der Waals surface area contributed by atoms with Crippen molar-refractivity contribution in [3.05, 3.63) is 59.2 Å². The summed E-state index contributed by atoms with van der Waals surface area (Å²) in [4.78, 5) is 53.1. The van der Waals surface area contributed by atoms with Crippen molar-refractivity contribution in [3.8, 4) is 0 Å². The first kappa shape index (κ1) is 23.0. The van der Waals surface area contributed by atoms with Gasteiger partial charge in [0.1, 0.15) is 0 Å². The maximum absolute atomic E-state index is 12.6. The normalized spacial score (nSPS) is 13.6. The number of hydrogen-bond donors (Lipinski definition) is 1. The maximum Gasteiger partial charge on any atom is 0.338 e. The number of unbranched alkanes of at least 4 members (excludes halogenated alkanes) is 1. The van der Waals surface area contributed by atoms with Crippen LogP contribution in [0.1, 0.15) is 57.8 Å². The van der Waals surface area contributed by atoms with E-state index in [-0.39, 0.29) is 22.6 Å². The third-order valence-corrected chi connectivity index (χ3v) is 5.25. The lowest BCUT2D eigenvalue weighted by Gasteiger charge is -2.15. The number of esters is 1. The quantitative estimate of drug-likeness (QED) is 0.503. The maximum atomic E-state index is 12.6. The smallest absolute Gasteiger partial charge is 0.338 e. The molecule has 2 aromatic carbocycles. The lowest BCUT2D eigenvalue weighted by molar-refractivity contribution is -0.123. The van der Waals surface area contributed by atoms with Gasteiger partial charge in [-0.2, -0.15) is 0 Å². The topological polar surface area (TPSA) is 96.0 Å². The molecule has 0 aromatic heterocycles. The van der Waals surface area contributed by atoms with E-state index in [1.807, 2.05) is 38.1 Å². The summed E-state index contributed by atoms with van der Waals surface area (Å²) < 4.78 is 5.28. The molecular weight excluding hydrogens is 410 g/mol. The number of nitrogens with one attached hydrogen (secondary N) is 1. The average Bonchev–Trinajstić information content (AvgIpc) is 3.01. The van der Waals surface area contributed by atoms with E-state index in [9.17, 15) is 19.2 Å². The first-order chi connectivity index (χ1) is 15.2.